The van der Waals surface area contributed by atoms with Crippen molar-refractivity contribution in [2.24, 2.45) is 0 Å². The van der Waals surface area contributed by atoms with Crippen molar-refractivity contribution in [2.75, 3.05) is 10.6 Å². The summed E-state index contributed by atoms with van der Waals surface area (Å²) in [7, 11) is 0. The average Bonchev–Trinajstić information content (AvgIpc) is 3.11. The molecule has 1 atom stereocenters. The Labute approximate surface area is 179 Å². The molecule has 1 aromatic heterocycles. The van der Waals surface area contributed by atoms with Gasteiger partial charge in [-0.05, 0) is 65.2 Å². The summed E-state index contributed by atoms with van der Waals surface area (Å²) in [4.78, 5) is 12.5. The number of hydrogen-bond acceptors (Lipinski definition) is 6. The predicted molar refractivity (Wildman–Crippen MR) is 116 cm³/mol. The molecule has 1 unspecified atom stereocenters. The fourth-order valence-electron chi connectivity index (χ4n) is 2.27. The molecule has 5 nitrogen and oxygen atoms in total. The zero-order chi connectivity index (χ0) is 20.1. The van der Waals surface area contributed by atoms with E-state index in [4.69, 9.17) is 0 Å². The van der Waals surface area contributed by atoms with E-state index in [1.165, 1.54) is 35.2 Å². The Bertz CT molecular complexity index is 965. The molecule has 2 aromatic carbocycles. The molecule has 0 bridgehead atoms. The van der Waals surface area contributed by atoms with Gasteiger partial charge in [-0.2, -0.15) is 0 Å². The Kier molecular flexibility index (Phi) is 7.03. The number of halogens is 2. The minimum Gasteiger partial charge on any atom is -0.356 e. The topological polar surface area (TPSA) is 66.9 Å². The van der Waals surface area contributed by atoms with E-state index in [1.54, 1.807) is 12.1 Å². The molecule has 1 heterocycles. The molecular formula is C19H18BrFN4OS2. The van der Waals surface area contributed by atoms with Gasteiger partial charge in [0.25, 0.3) is 0 Å². The van der Waals surface area contributed by atoms with Crippen molar-refractivity contribution in [3.05, 3.63) is 63.9 Å². The lowest BCUT2D eigenvalue weighted by atomic mass is 10.2. The number of carbonyl (C=O) groups excluding carboxylic acids is 1. The summed E-state index contributed by atoms with van der Waals surface area (Å²) in [5.41, 5.74) is 2.80. The zero-order valence-electron chi connectivity index (χ0n) is 15.2. The van der Waals surface area contributed by atoms with Gasteiger partial charge in [0.05, 0.1) is 10.9 Å². The van der Waals surface area contributed by atoms with Gasteiger partial charge in [-0.3, -0.25) is 4.79 Å². The molecule has 0 saturated heterocycles. The first kappa shape index (κ1) is 20.8. The molecule has 3 aromatic rings. The van der Waals surface area contributed by atoms with Gasteiger partial charge in [0.2, 0.25) is 11.0 Å². The summed E-state index contributed by atoms with van der Waals surface area (Å²) in [5.74, 6) is -0.367. The highest BCUT2D eigenvalue weighted by molar-refractivity contribution is 9.10. The van der Waals surface area contributed by atoms with Gasteiger partial charge in [0.15, 0.2) is 4.34 Å². The van der Waals surface area contributed by atoms with Crippen LogP contribution in [0.3, 0.4) is 0 Å². The number of thioether (sulfide) groups is 1. The highest BCUT2D eigenvalue weighted by atomic mass is 79.9. The molecule has 0 saturated carbocycles. The van der Waals surface area contributed by atoms with Crippen molar-refractivity contribution in [2.45, 2.75) is 30.0 Å². The number of nitrogens with one attached hydrogen (secondary N) is 2. The van der Waals surface area contributed by atoms with Crippen molar-refractivity contribution in [3.63, 3.8) is 0 Å². The zero-order valence-corrected chi connectivity index (χ0v) is 18.4. The lowest BCUT2D eigenvalue weighted by Crippen LogP contribution is -2.22. The third-order valence-corrected chi connectivity index (χ3v) is 6.51. The third-order valence-electron chi connectivity index (χ3n) is 3.79. The van der Waals surface area contributed by atoms with Crippen LogP contribution in [0.4, 0.5) is 15.2 Å². The first-order valence-corrected chi connectivity index (χ1v) is 10.9. The molecular weight excluding hydrogens is 463 g/mol. The summed E-state index contributed by atoms with van der Waals surface area (Å²) < 4.78 is 14.5. The summed E-state index contributed by atoms with van der Waals surface area (Å²) in [6, 6.07) is 12.1. The molecule has 1 amide bonds. The largest absolute Gasteiger partial charge is 0.356 e. The maximum atomic E-state index is 12.9. The van der Waals surface area contributed by atoms with Gasteiger partial charge >= 0.3 is 0 Å². The van der Waals surface area contributed by atoms with Crippen LogP contribution < -0.4 is 10.6 Å². The van der Waals surface area contributed by atoms with Crippen LogP contribution >= 0.6 is 39.0 Å². The number of amides is 1. The van der Waals surface area contributed by atoms with Crippen LogP contribution in [0.5, 0.6) is 0 Å². The summed E-state index contributed by atoms with van der Waals surface area (Å²) in [5, 5.41) is 14.6. The molecule has 0 aliphatic rings. The third kappa shape index (κ3) is 5.76. The Morgan fingerprint density at radius 2 is 2.00 bits per heavy atom. The van der Waals surface area contributed by atoms with E-state index < -0.39 is 0 Å². The van der Waals surface area contributed by atoms with Crippen molar-refractivity contribution in [1.82, 2.24) is 10.2 Å². The van der Waals surface area contributed by atoms with E-state index >= 15 is 0 Å². The highest BCUT2D eigenvalue weighted by Crippen LogP contribution is 2.30. The fourth-order valence-corrected chi connectivity index (χ4v) is 4.75. The van der Waals surface area contributed by atoms with Crippen LogP contribution in [0.1, 0.15) is 18.1 Å². The van der Waals surface area contributed by atoms with Crippen LogP contribution in [0.15, 0.2) is 51.3 Å². The maximum Gasteiger partial charge on any atom is 0.237 e. The van der Waals surface area contributed by atoms with Crippen molar-refractivity contribution in [1.29, 1.82) is 0 Å². The summed E-state index contributed by atoms with van der Waals surface area (Å²) >= 11 is 6.20. The molecule has 146 valence electrons. The summed E-state index contributed by atoms with van der Waals surface area (Å²) in [6.45, 7) is 4.35. The molecule has 0 spiro atoms. The van der Waals surface area contributed by atoms with Gasteiger partial charge in [0.1, 0.15) is 5.82 Å². The van der Waals surface area contributed by atoms with Crippen LogP contribution in [0.2, 0.25) is 0 Å². The van der Waals surface area contributed by atoms with Crippen molar-refractivity contribution < 1.29 is 9.18 Å². The summed E-state index contributed by atoms with van der Waals surface area (Å²) in [6.07, 6.45) is 0. The quantitative estimate of drug-likeness (QED) is 0.438. The van der Waals surface area contributed by atoms with Gasteiger partial charge in [-0.25, -0.2) is 4.39 Å². The van der Waals surface area contributed by atoms with E-state index in [2.05, 4.69) is 36.8 Å². The van der Waals surface area contributed by atoms with Crippen molar-refractivity contribution >= 4 is 55.8 Å². The molecule has 0 aliphatic heterocycles. The molecule has 2 N–H and O–H groups in total. The number of carbonyl (C=O) groups is 1. The number of rotatable bonds is 7. The smallest absolute Gasteiger partial charge is 0.237 e. The van der Waals surface area contributed by atoms with Crippen LogP contribution in [-0.4, -0.2) is 21.4 Å². The maximum absolute atomic E-state index is 12.9. The minimum atomic E-state index is -0.328. The second-order valence-electron chi connectivity index (χ2n) is 6.09. The van der Waals surface area contributed by atoms with Crippen LogP contribution in [0, 0.1) is 12.7 Å². The fraction of sp³-hybridized carbons (Fsp3) is 0.211. The van der Waals surface area contributed by atoms with Crippen LogP contribution in [0.25, 0.3) is 0 Å². The molecule has 28 heavy (non-hydrogen) atoms. The van der Waals surface area contributed by atoms with Gasteiger partial charge in [-0.1, -0.05) is 41.3 Å². The number of aryl methyl sites for hydroxylation is 1. The Balaban J connectivity index is 1.53. The van der Waals surface area contributed by atoms with E-state index in [1.807, 2.05) is 32.0 Å². The number of nitrogens with zero attached hydrogens (tertiary/aromatic N) is 2. The van der Waals surface area contributed by atoms with E-state index in [0.29, 0.717) is 16.0 Å². The average molecular weight is 481 g/mol. The molecule has 9 heteroatoms. The van der Waals surface area contributed by atoms with E-state index in [9.17, 15) is 9.18 Å². The minimum absolute atomic E-state index is 0.106. The molecule has 0 aliphatic carbocycles. The van der Waals surface area contributed by atoms with Gasteiger partial charge < -0.3 is 10.6 Å². The number of benzene rings is 2. The van der Waals surface area contributed by atoms with E-state index in [0.717, 1.165) is 21.3 Å². The first-order valence-electron chi connectivity index (χ1n) is 8.46. The Morgan fingerprint density at radius 3 is 2.71 bits per heavy atom. The lowest BCUT2D eigenvalue weighted by Gasteiger charge is -2.12. The number of anilines is 2. The second kappa shape index (κ2) is 9.49. The van der Waals surface area contributed by atoms with Crippen molar-refractivity contribution in [3.8, 4) is 0 Å². The number of aromatic nitrogens is 2. The normalized spacial score (nSPS) is 11.9. The Morgan fingerprint density at radius 1 is 1.25 bits per heavy atom. The number of hydrogen-bond donors (Lipinski definition) is 2. The van der Waals surface area contributed by atoms with Gasteiger partial charge in [0, 0.05) is 11.0 Å². The van der Waals surface area contributed by atoms with Crippen LogP contribution in [-0.2, 0) is 11.3 Å². The predicted octanol–water partition coefficient (Wildman–Crippen LogP) is 5.48. The Hall–Kier alpha value is -1.97. The van der Waals surface area contributed by atoms with E-state index in [-0.39, 0.29) is 17.0 Å². The molecule has 0 fully saturated rings. The van der Waals surface area contributed by atoms with Gasteiger partial charge in [-0.15, -0.1) is 10.2 Å². The monoisotopic (exact) mass is 480 g/mol. The molecule has 3 rings (SSSR count). The second-order valence-corrected chi connectivity index (χ2v) is 9.51. The standard InChI is InChI=1S/C19H18BrFN4OS2/c1-11-3-8-16(15(20)9-11)23-17(26)12(2)27-19-25-24-18(28-19)22-10-13-4-6-14(21)7-5-13/h3-9,12H,10H2,1-2H3,(H,22,24)(H,23,26). The lowest BCUT2D eigenvalue weighted by molar-refractivity contribution is -0.115. The SMILES string of the molecule is Cc1ccc(NC(=O)C(C)Sc2nnc(NCc3ccc(F)cc3)s2)c(Br)c1. The molecule has 0 radical (unpaired) electrons. The highest BCUT2D eigenvalue weighted by Gasteiger charge is 2.18. The first-order chi connectivity index (χ1) is 13.4.